The molecule has 12 heteroatoms. The molecule has 1 aromatic heterocycles. The van der Waals surface area contributed by atoms with Crippen molar-refractivity contribution in [2.45, 2.75) is 18.7 Å². The molecule has 0 atom stereocenters. The quantitative estimate of drug-likeness (QED) is 0.144. The van der Waals surface area contributed by atoms with Gasteiger partial charge in [0.1, 0.15) is 17.3 Å². The van der Waals surface area contributed by atoms with Crippen molar-refractivity contribution in [3.8, 4) is 11.8 Å². The van der Waals surface area contributed by atoms with Crippen LogP contribution < -0.4 is 4.90 Å². The van der Waals surface area contributed by atoms with Gasteiger partial charge in [0.05, 0.1) is 26.8 Å². The van der Waals surface area contributed by atoms with E-state index in [0.717, 1.165) is 40.3 Å². The zero-order valence-corrected chi connectivity index (χ0v) is 24.6. The Kier molecular flexibility index (Phi) is 8.11. The Bertz CT molecular complexity index is 1880. The van der Waals surface area contributed by atoms with Crippen LogP contribution in [0.3, 0.4) is 0 Å². The first-order chi connectivity index (χ1) is 20.0. The second kappa shape index (κ2) is 11.8. The van der Waals surface area contributed by atoms with Crippen LogP contribution in [0.2, 0.25) is 10.0 Å². The summed E-state index contributed by atoms with van der Waals surface area (Å²) in [7, 11) is -4.55. The van der Waals surface area contributed by atoms with Gasteiger partial charge in [0.15, 0.2) is 5.82 Å². The topological polar surface area (TPSA) is 124 Å². The molecule has 0 bridgehead atoms. The van der Waals surface area contributed by atoms with Gasteiger partial charge in [-0.15, -0.1) is 10.2 Å². The maximum Gasteiger partial charge on any atom is 0.294 e. The van der Waals surface area contributed by atoms with Crippen LogP contribution in [0.4, 0.5) is 28.6 Å². The number of aromatic nitrogens is 2. The maximum absolute atomic E-state index is 11.6. The third kappa shape index (κ3) is 6.05. The third-order valence-electron chi connectivity index (χ3n) is 6.32. The SMILES string of the molecule is Cc1ccc(N(c2ccc(C)cc2)c2ccc(N=Nc3c(C#N)cnn3-c3c(Cl)cc(S(=O)(=O)O)cc3Cl)cc2)cc1. The van der Waals surface area contributed by atoms with Gasteiger partial charge in [-0.1, -0.05) is 58.6 Å². The smallest absolute Gasteiger partial charge is 0.294 e. The Hall–Kier alpha value is -4.53. The zero-order valence-electron chi connectivity index (χ0n) is 22.3. The third-order valence-corrected chi connectivity index (χ3v) is 7.72. The molecule has 0 fully saturated rings. The molecule has 0 aliphatic rings. The van der Waals surface area contributed by atoms with E-state index in [4.69, 9.17) is 23.2 Å². The highest BCUT2D eigenvalue weighted by Crippen LogP contribution is 2.37. The number of halogens is 2. The van der Waals surface area contributed by atoms with Crippen LogP contribution in [0.5, 0.6) is 0 Å². The van der Waals surface area contributed by atoms with Crippen molar-refractivity contribution in [2.24, 2.45) is 10.2 Å². The van der Waals surface area contributed by atoms with Crippen LogP contribution in [-0.4, -0.2) is 22.8 Å². The minimum absolute atomic E-state index is 0.0333. The highest BCUT2D eigenvalue weighted by molar-refractivity contribution is 7.85. The summed E-state index contributed by atoms with van der Waals surface area (Å²) in [4.78, 5) is 1.64. The van der Waals surface area contributed by atoms with Gasteiger partial charge in [-0.25, -0.2) is 4.68 Å². The molecule has 0 aliphatic heterocycles. The van der Waals surface area contributed by atoms with E-state index in [1.54, 1.807) is 12.1 Å². The predicted octanol–water partition coefficient (Wildman–Crippen LogP) is 8.80. The van der Waals surface area contributed by atoms with E-state index < -0.39 is 15.0 Å². The van der Waals surface area contributed by atoms with Gasteiger partial charge in [0.25, 0.3) is 10.1 Å². The predicted molar refractivity (Wildman–Crippen MR) is 163 cm³/mol. The van der Waals surface area contributed by atoms with Crippen molar-refractivity contribution in [1.29, 1.82) is 5.26 Å². The van der Waals surface area contributed by atoms with E-state index >= 15 is 0 Å². The first-order valence-corrected chi connectivity index (χ1v) is 14.6. The van der Waals surface area contributed by atoms with Crippen LogP contribution in [0, 0.1) is 25.2 Å². The fraction of sp³-hybridized carbons (Fsp3) is 0.0667. The molecule has 5 rings (SSSR count). The molecule has 5 aromatic rings. The number of nitriles is 1. The molecule has 0 amide bonds. The van der Waals surface area contributed by atoms with E-state index in [1.807, 2.05) is 32.0 Å². The minimum atomic E-state index is -4.55. The second-order valence-corrected chi connectivity index (χ2v) is 11.6. The summed E-state index contributed by atoms with van der Waals surface area (Å²) in [6, 6.07) is 28.0. The molecule has 1 heterocycles. The highest BCUT2D eigenvalue weighted by atomic mass is 35.5. The lowest BCUT2D eigenvalue weighted by molar-refractivity contribution is 0.483. The lowest BCUT2D eigenvalue weighted by Gasteiger charge is -2.25. The molecular formula is C30H22Cl2N6O3S. The summed E-state index contributed by atoms with van der Waals surface area (Å²) >= 11 is 12.6. The molecule has 9 nitrogen and oxygen atoms in total. The van der Waals surface area contributed by atoms with E-state index in [0.29, 0.717) is 5.69 Å². The van der Waals surface area contributed by atoms with Gasteiger partial charge in [0, 0.05) is 17.1 Å². The van der Waals surface area contributed by atoms with Gasteiger partial charge in [-0.05, 0) is 74.5 Å². The molecule has 42 heavy (non-hydrogen) atoms. The number of benzene rings is 4. The minimum Gasteiger partial charge on any atom is -0.311 e. The van der Waals surface area contributed by atoms with Crippen LogP contribution in [0.25, 0.3) is 5.69 Å². The number of anilines is 3. The van der Waals surface area contributed by atoms with E-state index in [1.165, 1.54) is 10.9 Å². The Labute approximate surface area is 252 Å². The number of rotatable bonds is 7. The van der Waals surface area contributed by atoms with E-state index in [9.17, 15) is 18.2 Å². The van der Waals surface area contributed by atoms with Crippen molar-refractivity contribution in [1.82, 2.24) is 9.78 Å². The number of aryl methyl sites for hydroxylation is 2. The fourth-order valence-corrected chi connectivity index (χ4v) is 5.49. The maximum atomic E-state index is 11.6. The lowest BCUT2D eigenvalue weighted by atomic mass is 10.1. The van der Waals surface area contributed by atoms with Crippen molar-refractivity contribution in [3.63, 3.8) is 0 Å². The lowest BCUT2D eigenvalue weighted by Crippen LogP contribution is -2.09. The first-order valence-electron chi connectivity index (χ1n) is 12.5. The average Bonchev–Trinajstić information content (AvgIpc) is 3.36. The Balaban J connectivity index is 1.50. The van der Waals surface area contributed by atoms with Crippen LogP contribution >= 0.6 is 23.2 Å². The number of azo groups is 1. The highest BCUT2D eigenvalue weighted by Gasteiger charge is 2.21. The summed E-state index contributed by atoms with van der Waals surface area (Å²) in [6.07, 6.45) is 1.27. The monoisotopic (exact) mass is 616 g/mol. The normalized spacial score (nSPS) is 11.5. The summed E-state index contributed by atoms with van der Waals surface area (Å²) in [6.45, 7) is 4.08. The molecular weight excluding hydrogens is 595 g/mol. The van der Waals surface area contributed by atoms with E-state index in [-0.39, 0.29) is 27.1 Å². The van der Waals surface area contributed by atoms with Gasteiger partial charge in [-0.2, -0.15) is 18.8 Å². The Morgan fingerprint density at radius 2 is 1.31 bits per heavy atom. The van der Waals surface area contributed by atoms with E-state index in [2.05, 4.69) is 68.8 Å². The average molecular weight is 618 g/mol. The molecule has 0 saturated heterocycles. The number of hydrogen-bond acceptors (Lipinski definition) is 7. The molecule has 0 spiro atoms. The molecule has 0 radical (unpaired) electrons. The molecule has 210 valence electrons. The van der Waals surface area contributed by atoms with Crippen molar-refractivity contribution in [3.05, 3.63) is 118 Å². The van der Waals surface area contributed by atoms with Crippen LogP contribution in [0.15, 0.2) is 106 Å². The van der Waals surface area contributed by atoms with Crippen molar-refractivity contribution >= 4 is 61.9 Å². The van der Waals surface area contributed by atoms with Crippen LogP contribution in [-0.2, 0) is 10.1 Å². The summed E-state index contributed by atoms with van der Waals surface area (Å²) < 4.78 is 33.7. The van der Waals surface area contributed by atoms with Gasteiger partial charge in [0.2, 0.25) is 0 Å². The molecule has 0 aliphatic carbocycles. The van der Waals surface area contributed by atoms with Gasteiger partial charge < -0.3 is 4.90 Å². The van der Waals surface area contributed by atoms with Crippen molar-refractivity contribution in [2.75, 3.05) is 4.90 Å². The molecule has 0 unspecified atom stereocenters. The van der Waals surface area contributed by atoms with Gasteiger partial charge >= 0.3 is 0 Å². The second-order valence-electron chi connectivity index (χ2n) is 9.34. The zero-order chi connectivity index (χ0) is 30.0. The van der Waals surface area contributed by atoms with Crippen molar-refractivity contribution < 1.29 is 13.0 Å². The standard InChI is InChI=1S/C30H22Cl2N6O3S/c1-19-3-9-23(10-4-19)37(24-11-5-20(2)6-12-24)25-13-7-22(8-14-25)35-36-30-21(17-33)18-34-38(30)29-27(31)15-26(16-28(29)32)42(39,40)41/h3-16,18H,1-2H3,(H,39,40,41). The summed E-state index contributed by atoms with van der Waals surface area (Å²) in [5.74, 6) is 0.0333. The molecule has 0 saturated carbocycles. The number of nitrogens with zero attached hydrogens (tertiary/aromatic N) is 6. The first kappa shape index (κ1) is 29.0. The molecule has 4 aromatic carbocycles. The molecule has 1 N–H and O–H groups in total. The van der Waals surface area contributed by atoms with Gasteiger partial charge in [-0.3, -0.25) is 4.55 Å². The largest absolute Gasteiger partial charge is 0.311 e. The number of hydrogen-bond donors (Lipinski definition) is 1. The summed E-state index contributed by atoms with van der Waals surface area (Å²) in [5, 5.41) is 22.1. The fourth-order valence-electron chi connectivity index (χ4n) is 4.18. The summed E-state index contributed by atoms with van der Waals surface area (Å²) in [5.41, 5.74) is 5.88. The Morgan fingerprint density at radius 1 is 0.833 bits per heavy atom. The van der Waals surface area contributed by atoms with Crippen LogP contribution in [0.1, 0.15) is 16.7 Å². The Morgan fingerprint density at radius 3 is 1.76 bits per heavy atom.